The molecule has 0 unspecified atom stereocenters. The van der Waals surface area contributed by atoms with E-state index in [4.69, 9.17) is 5.73 Å². The van der Waals surface area contributed by atoms with Crippen molar-refractivity contribution >= 4 is 17.6 Å². The van der Waals surface area contributed by atoms with Crippen LogP contribution in [0.5, 0.6) is 5.75 Å². The van der Waals surface area contributed by atoms with Crippen LogP contribution in [0.15, 0.2) is 18.2 Å². The Morgan fingerprint density at radius 2 is 2.11 bits per heavy atom. The number of hydrogen-bond donors (Lipinski definition) is 2. The first-order valence-corrected chi connectivity index (χ1v) is 5.94. The molecule has 0 aliphatic heterocycles. The highest BCUT2D eigenvalue weighted by molar-refractivity contribution is 5.99. The predicted molar refractivity (Wildman–Crippen MR) is 70.7 cm³/mol. The molecule has 0 aromatic heterocycles. The van der Waals surface area contributed by atoms with Gasteiger partial charge in [-0.25, -0.2) is 0 Å². The topological polar surface area (TPSA) is 92.9 Å². The number of benzene rings is 1. The smallest absolute Gasteiger partial charge is 0.325 e. The third kappa shape index (κ3) is 3.61. The minimum Gasteiger partial charge on any atom is -0.505 e. The predicted octanol–water partition coefficient (Wildman–Crippen LogP) is 1.000. The number of nitrogens with zero attached hydrogens (tertiary/aromatic N) is 1. The van der Waals surface area contributed by atoms with Crippen LogP contribution in [0.3, 0.4) is 0 Å². The first-order chi connectivity index (χ1) is 9.01. The van der Waals surface area contributed by atoms with Gasteiger partial charge < -0.3 is 20.5 Å². The van der Waals surface area contributed by atoms with Gasteiger partial charge in [-0.2, -0.15) is 0 Å². The van der Waals surface area contributed by atoms with Gasteiger partial charge in [0, 0.05) is 6.54 Å². The van der Waals surface area contributed by atoms with Crippen LogP contribution in [0.1, 0.15) is 23.7 Å². The van der Waals surface area contributed by atoms with Crippen molar-refractivity contribution in [3.8, 4) is 5.75 Å². The van der Waals surface area contributed by atoms with E-state index in [1.54, 1.807) is 6.07 Å². The summed E-state index contributed by atoms with van der Waals surface area (Å²) in [6.45, 7) is 2.12. The quantitative estimate of drug-likeness (QED) is 0.471. The van der Waals surface area contributed by atoms with Crippen molar-refractivity contribution < 1.29 is 19.4 Å². The van der Waals surface area contributed by atoms with Gasteiger partial charge >= 0.3 is 5.97 Å². The third-order valence-corrected chi connectivity index (χ3v) is 2.63. The molecule has 1 rings (SSSR count). The Bertz CT molecular complexity index is 474. The first kappa shape index (κ1) is 14.8. The summed E-state index contributed by atoms with van der Waals surface area (Å²) in [5.74, 6) is -1.22. The van der Waals surface area contributed by atoms with Gasteiger partial charge in [0.2, 0.25) is 0 Å². The van der Waals surface area contributed by atoms with E-state index in [1.165, 1.54) is 24.1 Å². The number of phenols is 1. The lowest BCUT2D eigenvalue weighted by atomic mass is 10.1. The second-order valence-electron chi connectivity index (χ2n) is 4.05. The maximum atomic E-state index is 12.3. The van der Waals surface area contributed by atoms with E-state index in [0.717, 1.165) is 0 Å². The summed E-state index contributed by atoms with van der Waals surface area (Å²) in [5, 5.41) is 9.79. The minimum absolute atomic E-state index is 0.0809. The number of para-hydroxylation sites is 1. The molecule has 0 saturated carbocycles. The molecule has 1 aromatic rings. The van der Waals surface area contributed by atoms with E-state index in [0.29, 0.717) is 13.0 Å². The molecule has 1 amide bonds. The highest BCUT2D eigenvalue weighted by Crippen LogP contribution is 2.25. The van der Waals surface area contributed by atoms with Gasteiger partial charge in [-0.3, -0.25) is 9.59 Å². The maximum Gasteiger partial charge on any atom is 0.325 e. The number of nitrogen functional groups attached to an aromatic ring is 1. The van der Waals surface area contributed by atoms with Gasteiger partial charge in [-0.15, -0.1) is 0 Å². The fourth-order valence-corrected chi connectivity index (χ4v) is 1.65. The summed E-state index contributed by atoms with van der Waals surface area (Å²) in [6, 6.07) is 4.54. The Morgan fingerprint density at radius 3 is 2.68 bits per heavy atom. The number of nitrogens with two attached hydrogens (primary N) is 1. The molecule has 104 valence electrons. The number of carbonyl (C=O) groups excluding carboxylic acids is 2. The summed E-state index contributed by atoms with van der Waals surface area (Å²) < 4.78 is 4.55. The van der Waals surface area contributed by atoms with Crippen LogP contribution < -0.4 is 5.73 Å². The molecule has 0 spiro atoms. The molecule has 0 bridgehead atoms. The lowest BCUT2D eigenvalue weighted by Gasteiger charge is -2.21. The van der Waals surface area contributed by atoms with E-state index >= 15 is 0 Å². The highest BCUT2D eigenvalue weighted by Gasteiger charge is 2.21. The van der Waals surface area contributed by atoms with Gasteiger partial charge in [0.25, 0.3) is 5.91 Å². The van der Waals surface area contributed by atoms with Gasteiger partial charge in [-0.1, -0.05) is 13.0 Å². The monoisotopic (exact) mass is 266 g/mol. The Balaban J connectivity index is 2.98. The second-order valence-corrected chi connectivity index (χ2v) is 4.05. The van der Waals surface area contributed by atoms with Crippen molar-refractivity contribution in [2.45, 2.75) is 13.3 Å². The Labute approximate surface area is 111 Å². The van der Waals surface area contributed by atoms with Crippen molar-refractivity contribution in [1.29, 1.82) is 0 Å². The number of carbonyl (C=O) groups is 2. The number of hydrogen-bond acceptors (Lipinski definition) is 5. The third-order valence-electron chi connectivity index (χ3n) is 2.63. The Kier molecular flexibility index (Phi) is 5.17. The SMILES string of the molecule is CCCN(CC(=O)OC)C(=O)c1cccc(N)c1O. The highest BCUT2D eigenvalue weighted by atomic mass is 16.5. The summed E-state index contributed by atoms with van der Waals surface area (Å²) in [5.41, 5.74) is 5.75. The van der Waals surface area contributed by atoms with Gasteiger partial charge in [0.1, 0.15) is 6.54 Å². The molecule has 19 heavy (non-hydrogen) atoms. The summed E-state index contributed by atoms with van der Waals surface area (Å²) in [6.07, 6.45) is 0.686. The molecule has 1 aromatic carbocycles. The number of phenolic OH excluding ortho intramolecular Hbond substituents is 1. The van der Waals surface area contributed by atoms with E-state index in [9.17, 15) is 14.7 Å². The second kappa shape index (κ2) is 6.63. The zero-order valence-corrected chi connectivity index (χ0v) is 11.0. The van der Waals surface area contributed by atoms with Crippen LogP contribution in [0.4, 0.5) is 5.69 Å². The number of methoxy groups -OCH3 is 1. The maximum absolute atomic E-state index is 12.3. The molecule has 0 aliphatic carbocycles. The summed E-state index contributed by atoms with van der Waals surface area (Å²) in [7, 11) is 1.26. The zero-order valence-electron chi connectivity index (χ0n) is 11.0. The number of esters is 1. The molecule has 6 nitrogen and oxygen atoms in total. The molecule has 0 radical (unpaired) electrons. The average Bonchev–Trinajstić information content (AvgIpc) is 2.40. The van der Waals surface area contributed by atoms with E-state index in [1.807, 2.05) is 6.92 Å². The summed E-state index contributed by atoms with van der Waals surface area (Å²) >= 11 is 0. The molecule has 0 saturated heterocycles. The molecule has 0 aliphatic rings. The number of amides is 1. The molecule has 0 atom stereocenters. The zero-order chi connectivity index (χ0) is 14.4. The average molecular weight is 266 g/mol. The summed E-state index contributed by atoms with van der Waals surface area (Å²) in [4.78, 5) is 24.9. The fourth-order valence-electron chi connectivity index (χ4n) is 1.65. The molecule has 0 fully saturated rings. The van der Waals surface area contributed by atoms with Crippen LogP contribution in [0.2, 0.25) is 0 Å². The van der Waals surface area contributed by atoms with Crippen LogP contribution in [0.25, 0.3) is 0 Å². The molecule has 6 heteroatoms. The molecule has 0 heterocycles. The van der Waals surface area contributed by atoms with Crippen LogP contribution in [-0.2, 0) is 9.53 Å². The normalized spacial score (nSPS) is 10.0. The van der Waals surface area contributed by atoms with E-state index in [2.05, 4.69) is 4.74 Å². The number of rotatable bonds is 5. The molecular formula is C13H18N2O4. The Morgan fingerprint density at radius 1 is 1.42 bits per heavy atom. The van der Waals surface area contributed by atoms with Gasteiger partial charge in [-0.05, 0) is 18.6 Å². The van der Waals surface area contributed by atoms with Crippen molar-refractivity contribution in [2.75, 3.05) is 25.9 Å². The first-order valence-electron chi connectivity index (χ1n) is 5.94. The Hall–Kier alpha value is -2.24. The fraction of sp³-hybridized carbons (Fsp3) is 0.385. The number of ether oxygens (including phenoxy) is 1. The van der Waals surface area contributed by atoms with E-state index < -0.39 is 11.9 Å². The lowest BCUT2D eigenvalue weighted by Crippen LogP contribution is -2.36. The number of aromatic hydroxyl groups is 1. The van der Waals surface area contributed by atoms with Crippen molar-refractivity contribution in [2.24, 2.45) is 0 Å². The van der Waals surface area contributed by atoms with Gasteiger partial charge in [0.15, 0.2) is 5.75 Å². The standard InChI is InChI=1S/C13H18N2O4/c1-3-7-15(8-11(16)19-2)13(18)9-5-4-6-10(14)12(9)17/h4-6,17H,3,7-8,14H2,1-2H3. The van der Waals surface area contributed by atoms with Crippen LogP contribution in [0, 0.1) is 0 Å². The molecular weight excluding hydrogens is 248 g/mol. The minimum atomic E-state index is -0.509. The van der Waals surface area contributed by atoms with E-state index in [-0.39, 0.29) is 23.5 Å². The van der Waals surface area contributed by atoms with Crippen molar-refractivity contribution in [3.63, 3.8) is 0 Å². The van der Waals surface area contributed by atoms with Crippen LogP contribution in [-0.4, -0.2) is 42.1 Å². The molecule has 3 N–H and O–H groups in total. The number of anilines is 1. The lowest BCUT2D eigenvalue weighted by molar-refractivity contribution is -0.141. The van der Waals surface area contributed by atoms with Crippen molar-refractivity contribution in [3.05, 3.63) is 23.8 Å². The largest absolute Gasteiger partial charge is 0.505 e. The van der Waals surface area contributed by atoms with Crippen molar-refractivity contribution in [1.82, 2.24) is 4.90 Å². The van der Waals surface area contributed by atoms with Gasteiger partial charge in [0.05, 0.1) is 18.4 Å². The van der Waals surface area contributed by atoms with Crippen LogP contribution >= 0.6 is 0 Å².